The number of halogens is 4. The molecule has 8 nitrogen and oxygen atoms in total. The summed E-state index contributed by atoms with van der Waals surface area (Å²) in [5.74, 6) is -1.04. The van der Waals surface area contributed by atoms with Crippen molar-refractivity contribution in [1.82, 2.24) is 19.4 Å². The lowest BCUT2D eigenvalue weighted by molar-refractivity contribution is -0.138. The average Bonchev–Trinajstić information content (AvgIpc) is 2.81. The van der Waals surface area contributed by atoms with E-state index in [1.165, 1.54) is 30.4 Å². The van der Waals surface area contributed by atoms with E-state index < -0.39 is 35.1 Å². The standard InChI is InChI=1S/C25H27F4N5O3/c1-12-10-34(11-13(2)37-12)24(36)21-8-19(26)22(9-30-21)31-14(3)16-6-17-20(7-18(16)25(27,28)29)32-15(4)33(5)23(17)35/h6-9,12-14,31H,10-11H2,1-5H3. The van der Waals surface area contributed by atoms with Gasteiger partial charge in [-0.2, -0.15) is 13.2 Å². The monoisotopic (exact) mass is 521 g/mol. The highest BCUT2D eigenvalue weighted by molar-refractivity contribution is 5.92. The van der Waals surface area contributed by atoms with Gasteiger partial charge in [-0.05, 0) is 45.4 Å². The molecular weight excluding hydrogens is 494 g/mol. The molecule has 1 saturated heterocycles. The van der Waals surface area contributed by atoms with Crippen LogP contribution in [0.15, 0.2) is 29.2 Å². The van der Waals surface area contributed by atoms with Crippen molar-refractivity contribution in [2.45, 2.75) is 52.1 Å². The van der Waals surface area contributed by atoms with Gasteiger partial charge < -0.3 is 15.0 Å². The molecule has 3 unspecified atom stereocenters. The van der Waals surface area contributed by atoms with Gasteiger partial charge in [0.25, 0.3) is 11.5 Å². The summed E-state index contributed by atoms with van der Waals surface area (Å²) in [4.78, 5) is 35.2. The maximum Gasteiger partial charge on any atom is 0.416 e. The van der Waals surface area contributed by atoms with Crippen LogP contribution in [0.3, 0.4) is 0 Å². The molecule has 198 valence electrons. The fourth-order valence-electron chi connectivity index (χ4n) is 4.52. The van der Waals surface area contributed by atoms with Gasteiger partial charge in [0.15, 0.2) is 0 Å². The van der Waals surface area contributed by atoms with Crippen LogP contribution in [0.4, 0.5) is 23.2 Å². The van der Waals surface area contributed by atoms with Crippen molar-refractivity contribution < 1.29 is 27.1 Å². The van der Waals surface area contributed by atoms with E-state index in [-0.39, 0.29) is 45.9 Å². The smallest absolute Gasteiger partial charge is 0.375 e. The van der Waals surface area contributed by atoms with E-state index in [0.717, 1.165) is 24.4 Å². The zero-order valence-electron chi connectivity index (χ0n) is 21.0. The number of morpholine rings is 1. The Morgan fingerprint density at radius 3 is 2.43 bits per heavy atom. The first-order valence-electron chi connectivity index (χ1n) is 11.7. The highest BCUT2D eigenvalue weighted by Crippen LogP contribution is 2.37. The number of pyridine rings is 1. The molecule has 0 aliphatic carbocycles. The fourth-order valence-corrected chi connectivity index (χ4v) is 4.52. The van der Waals surface area contributed by atoms with Crippen LogP contribution in [0.2, 0.25) is 0 Å². The molecule has 3 atom stereocenters. The Hall–Kier alpha value is -3.54. The van der Waals surface area contributed by atoms with Gasteiger partial charge in [0.2, 0.25) is 0 Å². The lowest BCUT2D eigenvalue weighted by Gasteiger charge is -2.35. The molecule has 3 heterocycles. The summed E-state index contributed by atoms with van der Waals surface area (Å²) in [5.41, 5.74) is -2.12. The van der Waals surface area contributed by atoms with Crippen LogP contribution in [0.5, 0.6) is 0 Å². The first-order chi connectivity index (χ1) is 17.3. The molecule has 0 bridgehead atoms. The Morgan fingerprint density at radius 1 is 1.19 bits per heavy atom. The van der Waals surface area contributed by atoms with Crippen LogP contribution in [0, 0.1) is 12.7 Å². The minimum absolute atomic E-state index is 0.0123. The van der Waals surface area contributed by atoms with Crippen molar-refractivity contribution >= 4 is 22.5 Å². The molecule has 1 fully saturated rings. The molecule has 1 aromatic carbocycles. The Labute approximate surface area is 210 Å². The lowest BCUT2D eigenvalue weighted by atomic mass is 9.98. The second kappa shape index (κ2) is 9.73. The van der Waals surface area contributed by atoms with Crippen LogP contribution < -0.4 is 10.9 Å². The summed E-state index contributed by atoms with van der Waals surface area (Å²) < 4.78 is 63.6. The largest absolute Gasteiger partial charge is 0.416 e. The number of amides is 1. The van der Waals surface area contributed by atoms with E-state index in [1.807, 2.05) is 13.8 Å². The first kappa shape index (κ1) is 26.5. The maximum atomic E-state index is 15.0. The van der Waals surface area contributed by atoms with Gasteiger partial charge >= 0.3 is 6.18 Å². The molecule has 37 heavy (non-hydrogen) atoms. The second-order valence-electron chi connectivity index (χ2n) is 9.36. The number of nitrogens with zero attached hydrogens (tertiary/aromatic N) is 4. The number of aromatic nitrogens is 3. The van der Waals surface area contributed by atoms with E-state index in [9.17, 15) is 27.2 Å². The van der Waals surface area contributed by atoms with Crippen molar-refractivity contribution in [1.29, 1.82) is 0 Å². The van der Waals surface area contributed by atoms with Gasteiger partial charge in [-0.25, -0.2) is 14.4 Å². The third-order valence-corrected chi connectivity index (χ3v) is 6.39. The van der Waals surface area contributed by atoms with Gasteiger partial charge in [-0.1, -0.05) is 0 Å². The van der Waals surface area contributed by atoms with E-state index in [1.54, 1.807) is 0 Å². The Bertz CT molecular complexity index is 1410. The van der Waals surface area contributed by atoms with Crippen molar-refractivity contribution in [2.75, 3.05) is 18.4 Å². The number of fused-ring (bicyclic) bond motifs is 1. The molecule has 0 spiro atoms. The fraction of sp³-hybridized carbons (Fsp3) is 0.440. The molecule has 0 saturated carbocycles. The topological polar surface area (TPSA) is 89.4 Å². The van der Waals surface area contributed by atoms with E-state index in [2.05, 4.69) is 15.3 Å². The number of rotatable bonds is 4. The second-order valence-corrected chi connectivity index (χ2v) is 9.36. The SMILES string of the molecule is Cc1nc2cc(C(F)(F)F)c(C(C)Nc3cnc(C(=O)N4CC(C)OC(C)C4)cc3F)cc2c(=O)n1C. The maximum absolute atomic E-state index is 15.0. The predicted octanol–water partition coefficient (Wildman–Crippen LogP) is 4.22. The molecule has 12 heteroatoms. The van der Waals surface area contributed by atoms with Gasteiger partial charge in [-0.3, -0.25) is 14.2 Å². The number of alkyl halides is 3. The summed E-state index contributed by atoms with van der Waals surface area (Å²) >= 11 is 0. The van der Waals surface area contributed by atoms with Crippen LogP contribution in [-0.2, 0) is 18.0 Å². The molecule has 3 aromatic rings. The average molecular weight is 522 g/mol. The highest BCUT2D eigenvalue weighted by atomic mass is 19.4. The van der Waals surface area contributed by atoms with Crippen molar-refractivity contribution in [3.05, 3.63) is 63.2 Å². The molecular formula is C25H27F4N5O3. The Morgan fingerprint density at radius 2 is 1.84 bits per heavy atom. The summed E-state index contributed by atoms with van der Waals surface area (Å²) in [6.45, 7) is 7.26. The predicted molar refractivity (Wildman–Crippen MR) is 129 cm³/mol. The minimum Gasteiger partial charge on any atom is -0.375 e. The van der Waals surface area contributed by atoms with Crippen LogP contribution >= 0.6 is 0 Å². The van der Waals surface area contributed by atoms with E-state index in [4.69, 9.17) is 4.74 Å². The lowest BCUT2D eigenvalue weighted by Crippen LogP contribution is -2.48. The number of nitrogens with one attached hydrogen (secondary N) is 1. The number of benzene rings is 1. The van der Waals surface area contributed by atoms with Crippen molar-refractivity contribution in [2.24, 2.45) is 7.05 Å². The van der Waals surface area contributed by atoms with Gasteiger partial charge in [-0.15, -0.1) is 0 Å². The van der Waals surface area contributed by atoms with Crippen molar-refractivity contribution in [3.8, 4) is 0 Å². The van der Waals surface area contributed by atoms with Crippen LogP contribution in [-0.4, -0.2) is 50.6 Å². The summed E-state index contributed by atoms with van der Waals surface area (Å²) in [7, 11) is 1.48. The van der Waals surface area contributed by atoms with Crippen LogP contribution in [0.25, 0.3) is 10.9 Å². The number of carbonyl (C=O) groups is 1. The van der Waals surface area contributed by atoms with Gasteiger partial charge in [0.05, 0.1) is 40.6 Å². The number of aryl methyl sites for hydroxylation is 1. The van der Waals surface area contributed by atoms with Crippen molar-refractivity contribution in [3.63, 3.8) is 0 Å². The summed E-state index contributed by atoms with van der Waals surface area (Å²) in [6.07, 6.45) is -4.03. The van der Waals surface area contributed by atoms with Crippen LogP contribution in [0.1, 0.15) is 54.3 Å². The first-order valence-corrected chi connectivity index (χ1v) is 11.7. The zero-order valence-corrected chi connectivity index (χ0v) is 21.0. The Balaban J connectivity index is 1.65. The highest BCUT2D eigenvalue weighted by Gasteiger charge is 2.36. The molecule has 0 radical (unpaired) electrons. The molecule has 2 aromatic heterocycles. The molecule has 1 N–H and O–H groups in total. The number of hydrogen-bond donors (Lipinski definition) is 1. The van der Waals surface area contributed by atoms with E-state index >= 15 is 0 Å². The zero-order chi connectivity index (χ0) is 27.2. The quantitative estimate of drug-likeness (QED) is 0.518. The molecule has 4 rings (SSSR count). The van der Waals surface area contributed by atoms with Gasteiger partial charge in [0.1, 0.15) is 17.3 Å². The number of anilines is 1. The minimum atomic E-state index is -4.74. The molecule has 1 amide bonds. The third kappa shape index (κ3) is 5.29. The van der Waals surface area contributed by atoms with E-state index in [0.29, 0.717) is 13.1 Å². The third-order valence-electron chi connectivity index (χ3n) is 6.39. The Kier molecular flexibility index (Phi) is 6.97. The number of hydrogen-bond acceptors (Lipinski definition) is 6. The normalized spacial score (nSPS) is 19.2. The number of ether oxygens (including phenoxy) is 1. The summed E-state index contributed by atoms with van der Waals surface area (Å²) in [6, 6.07) is 1.85. The molecule has 1 aliphatic heterocycles. The number of carbonyl (C=O) groups excluding carboxylic acids is 1. The van der Waals surface area contributed by atoms with Gasteiger partial charge in [0, 0.05) is 32.2 Å². The molecule has 1 aliphatic rings. The summed E-state index contributed by atoms with van der Waals surface area (Å²) in [5, 5.41) is 2.71.